The first-order valence-corrected chi connectivity index (χ1v) is 6.71. The Hall–Kier alpha value is -2.04. The molecule has 1 N–H and O–H groups in total. The molecule has 0 aliphatic heterocycles. The summed E-state index contributed by atoms with van der Waals surface area (Å²) in [7, 11) is 1.60. The fourth-order valence-corrected chi connectivity index (χ4v) is 1.72. The van der Waals surface area contributed by atoms with Crippen LogP contribution < -0.4 is 10.1 Å². The van der Waals surface area contributed by atoms with Crippen LogP contribution in [-0.4, -0.2) is 25.1 Å². The number of carbonyl (C=O) groups is 2. The van der Waals surface area contributed by atoms with Gasteiger partial charge in [0.2, 0.25) is 0 Å². The quantitative estimate of drug-likeness (QED) is 0.803. The molecule has 0 unspecified atom stereocenters. The van der Waals surface area contributed by atoms with Gasteiger partial charge in [-0.25, -0.2) is 0 Å². The minimum absolute atomic E-state index is 0.00633. The summed E-state index contributed by atoms with van der Waals surface area (Å²) in [5, 5.41) is 2.74. The van der Waals surface area contributed by atoms with Crippen molar-refractivity contribution in [1.82, 2.24) is 5.32 Å². The Morgan fingerprint density at radius 3 is 2.50 bits per heavy atom. The SMILES string of the molecule is COc1ccc(CNC(=O)[C@H](C)OC(=O)C2CC2)cc1. The molecule has 0 bridgehead atoms. The molecule has 0 saturated heterocycles. The largest absolute Gasteiger partial charge is 0.497 e. The van der Waals surface area contributed by atoms with Crippen LogP contribution in [0.4, 0.5) is 0 Å². The zero-order chi connectivity index (χ0) is 14.5. The van der Waals surface area contributed by atoms with E-state index in [1.54, 1.807) is 14.0 Å². The molecule has 1 aliphatic rings. The fourth-order valence-electron chi connectivity index (χ4n) is 1.72. The molecular formula is C15H19NO4. The van der Waals surface area contributed by atoms with Gasteiger partial charge in [-0.1, -0.05) is 12.1 Å². The lowest BCUT2D eigenvalue weighted by molar-refractivity contribution is -0.156. The minimum atomic E-state index is -0.749. The maximum absolute atomic E-state index is 11.8. The van der Waals surface area contributed by atoms with Gasteiger partial charge in [-0.3, -0.25) is 9.59 Å². The maximum atomic E-state index is 11.8. The molecule has 1 fully saturated rings. The third kappa shape index (κ3) is 3.98. The van der Waals surface area contributed by atoms with Crippen molar-refractivity contribution in [3.05, 3.63) is 29.8 Å². The van der Waals surface area contributed by atoms with E-state index in [0.29, 0.717) is 6.54 Å². The maximum Gasteiger partial charge on any atom is 0.309 e. The van der Waals surface area contributed by atoms with E-state index in [1.807, 2.05) is 24.3 Å². The van der Waals surface area contributed by atoms with Gasteiger partial charge in [0.05, 0.1) is 13.0 Å². The number of benzene rings is 1. The molecule has 5 heteroatoms. The summed E-state index contributed by atoms with van der Waals surface area (Å²) >= 11 is 0. The first-order chi connectivity index (χ1) is 9.60. The number of ether oxygens (including phenoxy) is 2. The summed E-state index contributed by atoms with van der Waals surface area (Å²) in [5.74, 6) is 0.227. The number of nitrogens with one attached hydrogen (secondary N) is 1. The van der Waals surface area contributed by atoms with Gasteiger partial charge in [0, 0.05) is 6.54 Å². The van der Waals surface area contributed by atoms with Crippen LogP contribution in [0.25, 0.3) is 0 Å². The summed E-state index contributed by atoms with van der Waals surface area (Å²) in [6.07, 6.45) is 0.999. The van der Waals surface area contributed by atoms with Crippen LogP contribution in [0.2, 0.25) is 0 Å². The molecule has 20 heavy (non-hydrogen) atoms. The van der Waals surface area contributed by atoms with Crippen LogP contribution in [-0.2, 0) is 20.9 Å². The zero-order valence-corrected chi connectivity index (χ0v) is 11.7. The van der Waals surface area contributed by atoms with Crippen LogP contribution in [0.15, 0.2) is 24.3 Å². The molecule has 0 aromatic heterocycles. The standard InChI is InChI=1S/C15H19NO4/c1-10(20-15(18)12-5-6-12)14(17)16-9-11-3-7-13(19-2)8-4-11/h3-4,7-8,10,12H,5-6,9H2,1-2H3,(H,16,17)/t10-/m0/s1. The van der Waals surface area contributed by atoms with E-state index in [4.69, 9.17) is 9.47 Å². The molecule has 0 heterocycles. The van der Waals surface area contributed by atoms with Gasteiger partial charge < -0.3 is 14.8 Å². The van der Waals surface area contributed by atoms with E-state index in [2.05, 4.69) is 5.32 Å². The Bertz CT molecular complexity index is 479. The van der Waals surface area contributed by atoms with Crippen LogP contribution in [0.3, 0.4) is 0 Å². The Labute approximate surface area is 118 Å². The minimum Gasteiger partial charge on any atom is -0.497 e. The first kappa shape index (κ1) is 14.4. The second kappa shape index (κ2) is 6.41. The smallest absolute Gasteiger partial charge is 0.309 e. The molecule has 108 valence electrons. The van der Waals surface area contributed by atoms with Crippen molar-refractivity contribution in [2.24, 2.45) is 5.92 Å². The van der Waals surface area contributed by atoms with Crippen molar-refractivity contribution in [3.63, 3.8) is 0 Å². The van der Waals surface area contributed by atoms with Crippen LogP contribution in [0, 0.1) is 5.92 Å². The molecule has 1 aromatic carbocycles. The number of methoxy groups -OCH3 is 1. The summed E-state index contributed by atoms with van der Waals surface area (Å²) < 4.78 is 10.2. The Balaban J connectivity index is 1.76. The van der Waals surface area contributed by atoms with Crippen molar-refractivity contribution in [2.45, 2.75) is 32.4 Å². The van der Waals surface area contributed by atoms with E-state index in [1.165, 1.54) is 0 Å². The molecule has 0 spiro atoms. The lowest BCUT2D eigenvalue weighted by Crippen LogP contribution is -2.35. The lowest BCUT2D eigenvalue weighted by atomic mass is 10.2. The highest BCUT2D eigenvalue weighted by atomic mass is 16.5. The second-order valence-electron chi connectivity index (χ2n) is 4.92. The van der Waals surface area contributed by atoms with Crippen LogP contribution in [0.5, 0.6) is 5.75 Å². The van der Waals surface area contributed by atoms with Crippen LogP contribution in [0.1, 0.15) is 25.3 Å². The van der Waals surface area contributed by atoms with Gasteiger partial charge in [0.1, 0.15) is 5.75 Å². The fraction of sp³-hybridized carbons (Fsp3) is 0.467. The highest BCUT2D eigenvalue weighted by Gasteiger charge is 2.33. The highest BCUT2D eigenvalue weighted by Crippen LogP contribution is 2.30. The average molecular weight is 277 g/mol. The predicted molar refractivity (Wildman–Crippen MR) is 73.1 cm³/mol. The van der Waals surface area contributed by atoms with Gasteiger partial charge >= 0.3 is 5.97 Å². The summed E-state index contributed by atoms with van der Waals surface area (Å²) in [6, 6.07) is 7.41. The summed E-state index contributed by atoms with van der Waals surface area (Å²) in [5.41, 5.74) is 0.958. The third-order valence-corrected chi connectivity index (χ3v) is 3.20. The van der Waals surface area contributed by atoms with Gasteiger partial charge in [0.15, 0.2) is 6.10 Å². The molecule has 1 aromatic rings. The van der Waals surface area contributed by atoms with Crippen molar-refractivity contribution in [2.75, 3.05) is 7.11 Å². The summed E-state index contributed by atoms with van der Waals surface area (Å²) in [6.45, 7) is 1.98. The Kier molecular flexibility index (Phi) is 4.61. The molecule has 1 saturated carbocycles. The molecule has 1 amide bonds. The molecule has 1 atom stereocenters. The van der Waals surface area contributed by atoms with Crippen LogP contribution >= 0.6 is 0 Å². The predicted octanol–water partition coefficient (Wildman–Crippen LogP) is 1.65. The van der Waals surface area contributed by atoms with Gasteiger partial charge in [-0.2, -0.15) is 0 Å². The van der Waals surface area contributed by atoms with Crippen molar-refractivity contribution < 1.29 is 19.1 Å². The monoisotopic (exact) mass is 277 g/mol. The zero-order valence-electron chi connectivity index (χ0n) is 11.7. The lowest BCUT2D eigenvalue weighted by Gasteiger charge is -2.13. The highest BCUT2D eigenvalue weighted by molar-refractivity contribution is 5.84. The third-order valence-electron chi connectivity index (χ3n) is 3.20. The van der Waals surface area contributed by atoms with E-state index >= 15 is 0 Å². The number of hydrogen-bond donors (Lipinski definition) is 1. The number of esters is 1. The van der Waals surface area contributed by atoms with Gasteiger partial charge in [-0.05, 0) is 37.5 Å². The van der Waals surface area contributed by atoms with Crippen molar-refractivity contribution >= 4 is 11.9 Å². The number of hydrogen-bond acceptors (Lipinski definition) is 4. The van der Waals surface area contributed by atoms with Gasteiger partial charge in [-0.15, -0.1) is 0 Å². The molecule has 5 nitrogen and oxygen atoms in total. The normalized spacial score (nSPS) is 15.3. The number of carbonyl (C=O) groups excluding carboxylic acids is 2. The molecule has 2 rings (SSSR count). The first-order valence-electron chi connectivity index (χ1n) is 6.71. The molecular weight excluding hydrogens is 258 g/mol. The molecule has 1 aliphatic carbocycles. The molecule has 0 radical (unpaired) electrons. The van der Waals surface area contributed by atoms with E-state index in [0.717, 1.165) is 24.2 Å². The second-order valence-corrected chi connectivity index (χ2v) is 4.92. The average Bonchev–Trinajstić information content (AvgIpc) is 3.29. The number of rotatable bonds is 6. The van der Waals surface area contributed by atoms with Crippen molar-refractivity contribution in [1.29, 1.82) is 0 Å². The van der Waals surface area contributed by atoms with Gasteiger partial charge in [0.25, 0.3) is 5.91 Å². The number of amides is 1. The van der Waals surface area contributed by atoms with E-state index in [-0.39, 0.29) is 17.8 Å². The summed E-state index contributed by atoms with van der Waals surface area (Å²) in [4.78, 5) is 23.3. The van der Waals surface area contributed by atoms with E-state index in [9.17, 15) is 9.59 Å². The topological polar surface area (TPSA) is 64.6 Å². The Morgan fingerprint density at radius 1 is 1.30 bits per heavy atom. The Morgan fingerprint density at radius 2 is 1.95 bits per heavy atom. The van der Waals surface area contributed by atoms with E-state index < -0.39 is 6.10 Å². The van der Waals surface area contributed by atoms with Crippen molar-refractivity contribution in [3.8, 4) is 5.75 Å².